The fourth-order valence-electron chi connectivity index (χ4n) is 2.32. The molecule has 0 spiro atoms. The van der Waals surface area contributed by atoms with Gasteiger partial charge in [0.1, 0.15) is 0 Å². The Hall–Kier alpha value is -1.72. The van der Waals surface area contributed by atoms with Crippen molar-refractivity contribution >= 4 is 11.6 Å². The number of nitrogens with one attached hydrogen (secondary N) is 1. The molecule has 0 aliphatic carbocycles. The second kappa shape index (κ2) is 6.37. The van der Waals surface area contributed by atoms with Crippen LogP contribution in [-0.2, 0) is 11.0 Å². The zero-order valence-corrected chi connectivity index (χ0v) is 11.9. The highest BCUT2D eigenvalue weighted by atomic mass is 19.4. The van der Waals surface area contributed by atoms with Gasteiger partial charge in [-0.05, 0) is 43.0 Å². The van der Waals surface area contributed by atoms with Crippen molar-refractivity contribution in [1.29, 1.82) is 0 Å². The summed E-state index contributed by atoms with van der Waals surface area (Å²) in [6.45, 7) is 3.80. The first-order valence-electron chi connectivity index (χ1n) is 7.05. The molecule has 1 aromatic rings. The van der Waals surface area contributed by atoms with Gasteiger partial charge in [0.25, 0.3) is 0 Å². The second-order valence-electron chi connectivity index (χ2n) is 5.49. The number of carbonyl (C=O) groups is 1. The van der Waals surface area contributed by atoms with Crippen LogP contribution >= 0.6 is 0 Å². The number of rotatable bonds is 3. The topological polar surface area (TPSA) is 32.3 Å². The predicted octanol–water partition coefficient (Wildman–Crippen LogP) is 3.38. The van der Waals surface area contributed by atoms with Crippen LogP contribution in [0, 0.1) is 5.92 Å². The zero-order valence-electron chi connectivity index (χ0n) is 11.9. The van der Waals surface area contributed by atoms with E-state index >= 15 is 0 Å². The number of anilines is 1. The smallest absolute Gasteiger partial charge is 0.376 e. The van der Waals surface area contributed by atoms with Crippen LogP contribution in [0.4, 0.5) is 18.9 Å². The molecule has 3 nitrogen and oxygen atoms in total. The van der Waals surface area contributed by atoms with Crippen molar-refractivity contribution in [2.75, 3.05) is 25.0 Å². The Morgan fingerprint density at radius 1 is 1.24 bits per heavy atom. The van der Waals surface area contributed by atoms with Crippen LogP contribution in [0.3, 0.4) is 0 Å². The molecule has 1 saturated heterocycles. The summed E-state index contributed by atoms with van der Waals surface area (Å²) >= 11 is 0. The van der Waals surface area contributed by atoms with Crippen LogP contribution in [0.15, 0.2) is 24.3 Å². The molecule has 0 saturated carbocycles. The fraction of sp³-hybridized carbons (Fsp3) is 0.533. The molecule has 0 bridgehead atoms. The predicted molar refractivity (Wildman–Crippen MR) is 74.9 cm³/mol. The molecule has 21 heavy (non-hydrogen) atoms. The molecule has 0 atom stereocenters. The summed E-state index contributed by atoms with van der Waals surface area (Å²) in [5, 5.41) is 2.87. The summed E-state index contributed by atoms with van der Waals surface area (Å²) in [4.78, 5) is 13.8. The van der Waals surface area contributed by atoms with Gasteiger partial charge in [0.15, 0.2) is 0 Å². The molecule has 116 valence electrons. The number of alkyl halides is 3. The van der Waals surface area contributed by atoms with Crippen molar-refractivity contribution < 1.29 is 18.0 Å². The Kier molecular flexibility index (Phi) is 4.75. The first kappa shape index (κ1) is 15.7. The summed E-state index contributed by atoms with van der Waals surface area (Å²) < 4.78 is 37.3. The van der Waals surface area contributed by atoms with Crippen LogP contribution in [0.5, 0.6) is 0 Å². The first-order chi connectivity index (χ1) is 9.86. The van der Waals surface area contributed by atoms with E-state index in [0.29, 0.717) is 11.6 Å². The Morgan fingerprint density at radius 2 is 1.81 bits per heavy atom. The minimum atomic E-state index is -4.33. The van der Waals surface area contributed by atoms with Gasteiger partial charge in [-0.25, -0.2) is 0 Å². The minimum Gasteiger partial charge on any atom is -0.376 e. The van der Waals surface area contributed by atoms with Crippen molar-refractivity contribution in [3.05, 3.63) is 29.8 Å². The van der Waals surface area contributed by atoms with E-state index in [-0.39, 0.29) is 12.5 Å². The molecule has 1 fully saturated rings. The molecule has 1 aliphatic rings. The SMILES string of the molecule is CC1CCN(C(=O)CNc2ccc(C(F)(F)F)cc2)CC1. The van der Waals surface area contributed by atoms with Crippen molar-refractivity contribution in [3.8, 4) is 0 Å². The normalized spacial score (nSPS) is 16.9. The van der Waals surface area contributed by atoms with E-state index in [0.717, 1.165) is 38.1 Å². The van der Waals surface area contributed by atoms with Gasteiger partial charge in [-0.2, -0.15) is 13.2 Å². The van der Waals surface area contributed by atoms with Gasteiger partial charge in [0.05, 0.1) is 12.1 Å². The molecule has 0 aromatic heterocycles. The lowest BCUT2D eigenvalue weighted by molar-refractivity contribution is -0.137. The molecule has 0 radical (unpaired) electrons. The third-order valence-corrected chi connectivity index (χ3v) is 3.79. The number of nitrogens with zero attached hydrogens (tertiary/aromatic N) is 1. The van der Waals surface area contributed by atoms with E-state index in [1.807, 2.05) is 0 Å². The van der Waals surface area contributed by atoms with Gasteiger partial charge in [0, 0.05) is 18.8 Å². The maximum Gasteiger partial charge on any atom is 0.416 e. The molecule has 1 aromatic carbocycles. The second-order valence-corrected chi connectivity index (χ2v) is 5.49. The summed E-state index contributed by atoms with van der Waals surface area (Å²) in [5.74, 6) is 0.638. The third kappa shape index (κ3) is 4.37. The number of hydrogen-bond acceptors (Lipinski definition) is 2. The Labute approximate surface area is 122 Å². The van der Waals surface area contributed by atoms with Gasteiger partial charge < -0.3 is 10.2 Å². The Morgan fingerprint density at radius 3 is 2.33 bits per heavy atom. The van der Waals surface area contributed by atoms with E-state index in [1.165, 1.54) is 12.1 Å². The van der Waals surface area contributed by atoms with Gasteiger partial charge >= 0.3 is 6.18 Å². The number of benzene rings is 1. The summed E-state index contributed by atoms with van der Waals surface area (Å²) in [6, 6.07) is 4.70. The highest BCUT2D eigenvalue weighted by Crippen LogP contribution is 2.29. The van der Waals surface area contributed by atoms with Gasteiger partial charge in [-0.1, -0.05) is 6.92 Å². The highest BCUT2D eigenvalue weighted by molar-refractivity contribution is 5.80. The quantitative estimate of drug-likeness (QED) is 0.928. The molecular formula is C15H19F3N2O. The zero-order chi connectivity index (χ0) is 15.5. The molecule has 2 rings (SSSR count). The van der Waals surface area contributed by atoms with Crippen LogP contribution in [0.25, 0.3) is 0 Å². The average molecular weight is 300 g/mol. The number of amides is 1. The van der Waals surface area contributed by atoms with Crippen molar-refractivity contribution in [1.82, 2.24) is 4.90 Å². The molecule has 6 heteroatoms. The molecule has 1 N–H and O–H groups in total. The first-order valence-corrected chi connectivity index (χ1v) is 7.05. The van der Waals surface area contributed by atoms with E-state index in [9.17, 15) is 18.0 Å². The maximum atomic E-state index is 12.4. The van der Waals surface area contributed by atoms with E-state index in [2.05, 4.69) is 12.2 Å². The Bertz CT molecular complexity index is 477. The van der Waals surface area contributed by atoms with Crippen LogP contribution in [0.1, 0.15) is 25.3 Å². The van der Waals surface area contributed by atoms with Crippen molar-refractivity contribution in [3.63, 3.8) is 0 Å². The van der Waals surface area contributed by atoms with Crippen molar-refractivity contribution in [2.24, 2.45) is 5.92 Å². The minimum absolute atomic E-state index is 0.0122. The van der Waals surface area contributed by atoms with E-state index in [4.69, 9.17) is 0 Å². The number of piperidine rings is 1. The largest absolute Gasteiger partial charge is 0.416 e. The lowest BCUT2D eigenvalue weighted by atomic mass is 9.99. The molecular weight excluding hydrogens is 281 g/mol. The van der Waals surface area contributed by atoms with Crippen LogP contribution < -0.4 is 5.32 Å². The van der Waals surface area contributed by atoms with Gasteiger partial charge in [-0.15, -0.1) is 0 Å². The number of likely N-dealkylation sites (tertiary alicyclic amines) is 1. The van der Waals surface area contributed by atoms with Gasteiger partial charge in [-0.3, -0.25) is 4.79 Å². The van der Waals surface area contributed by atoms with Gasteiger partial charge in [0.2, 0.25) is 5.91 Å². The molecule has 1 aliphatic heterocycles. The lowest BCUT2D eigenvalue weighted by Gasteiger charge is -2.30. The lowest BCUT2D eigenvalue weighted by Crippen LogP contribution is -2.40. The highest BCUT2D eigenvalue weighted by Gasteiger charge is 2.30. The standard InChI is InChI=1S/C15H19F3N2O/c1-11-6-8-20(9-7-11)14(21)10-19-13-4-2-12(3-5-13)15(16,17)18/h2-5,11,19H,6-10H2,1H3. The average Bonchev–Trinajstić information content (AvgIpc) is 2.45. The maximum absolute atomic E-state index is 12.4. The molecule has 0 unspecified atom stereocenters. The Balaban J connectivity index is 1.84. The molecule has 1 heterocycles. The van der Waals surface area contributed by atoms with Crippen LogP contribution in [0.2, 0.25) is 0 Å². The molecule has 1 amide bonds. The number of hydrogen-bond donors (Lipinski definition) is 1. The van der Waals surface area contributed by atoms with E-state index < -0.39 is 11.7 Å². The monoisotopic (exact) mass is 300 g/mol. The van der Waals surface area contributed by atoms with Crippen molar-refractivity contribution in [2.45, 2.75) is 25.9 Å². The number of halogens is 3. The fourth-order valence-corrected chi connectivity index (χ4v) is 2.32. The van der Waals surface area contributed by atoms with Crippen LogP contribution in [-0.4, -0.2) is 30.4 Å². The summed E-state index contributed by atoms with van der Waals surface area (Å²) in [5.41, 5.74) is -0.175. The third-order valence-electron chi connectivity index (χ3n) is 3.79. The summed E-state index contributed by atoms with van der Waals surface area (Å²) in [7, 11) is 0. The number of carbonyl (C=O) groups excluding carboxylic acids is 1. The van der Waals surface area contributed by atoms with E-state index in [1.54, 1.807) is 4.90 Å². The summed E-state index contributed by atoms with van der Waals surface area (Å²) in [6.07, 6.45) is -2.32.